The molecule has 5 nitrogen and oxygen atoms in total. The summed E-state index contributed by atoms with van der Waals surface area (Å²) in [7, 11) is 3.96. The third-order valence-corrected chi connectivity index (χ3v) is 5.07. The second-order valence-electron chi connectivity index (χ2n) is 6.69. The fourth-order valence-electron chi connectivity index (χ4n) is 2.80. The minimum Gasteiger partial charge on any atom is -0.351 e. The van der Waals surface area contributed by atoms with E-state index in [4.69, 9.17) is 28.3 Å². The minimum absolute atomic E-state index is 0.0624. The van der Waals surface area contributed by atoms with Crippen LogP contribution in [0.15, 0.2) is 18.2 Å². The van der Waals surface area contributed by atoms with Crippen molar-refractivity contribution in [3.05, 3.63) is 45.2 Å². The highest BCUT2D eigenvalue weighted by atomic mass is 35.5. The van der Waals surface area contributed by atoms with E-state index >= 15 is 0 Å². The first-order chi connectivity index (χ1) is 11.9. The maximum absolute atomic E-state index is 12.7. The standard InChI is InChI=1S/C18H22Cl2N4O/c1-11-16(18(25)21-8-9-23(2)3)17(12-4-5-12)22-24(11)13-6-7-14(19)15(20)10-13/h6-7,10,12H,4-5,8-9H2,1-3H3,(H,21,25). The molecule has 3 rings (SSSR count). The zero-order valence-electron chi connectivity index (χ0n) is 14.6. The molecule has 134 valence electrons. The summed E-state index contributed by atoms with van der Waals surface area (Å²) in [4.78, 5) is 14.8. The monoisotopic (exact) mass is 380 g/mol. The lowest BCUT2D eigenvalue weighted by atomic mass is 10.1. The number of halogens is 2. The molecule has 1 aromatic carbocycles. The molecule has 0 atom stereocenters. The molecule has 0 aliphatic heterocycles. The molecule has 0 spiro atoms. The van der Waals surface area contributed by atoms with Crippen molar-refractivity contribution in [2.24, 2.45) is 0 Å². The van der Waals surface area contributed by atoms with Crippen LogP contribution in [0.1, 0.15) is 40.5 Å². The van der Waals surface area contributed by atoms with Gasteiger partial charge in [-0.25, -0.2) is 4.68 Å². The molecule has 1 heterocycles. The molecule has 0 unspecified atom stereocenters. The zero-order chi connectivity index (χ0) is 18.1. The zero-order valence-corrected chi connectivity index (χ0v) is 16.2. The minimum atomic E-state index is -0.0624. The summed E-state index contributed by atoms with van der Waals surface area (Å²) in [6.45, 7) is 3.32. The molecule has 1 aromatic heterocycles. The summed E-state index contributed by atoms with van der Waals surface area (Å²) in [6.07, 6.45) is 2.16. The molecule has 1 saturated carbocycles. The molecular weight excluding hydrogens is 359 g/mol. The first-order valence-corrected chi connectivity index (χ1v) is 9.12. The smallest absolute Gasteiger partial charge is 0.255 e. The van der Waals surface area contributed by atoms with E-state index < -0.39 is 0 Å². The Morgan fingerprint density at radius 1 is 1.32 bits per heavy atom. The number of likely N-dealkylation sites (N-methyl/N-ethyl adjacent to an activating group) is 1. The van der Waals surface area contributed by atoms with Crippen LogP contribution in [0, 0.1) is 6.92 Å². The van der Waals surface area contributed by atoms with E-state index in [1.807, 2.05) is 32.0 Å². The molecular formula is C18H22Cl2N4O. The van der Waals surface area contributed by atoms with Gasteiger partial charge in [0.25, 0.3) is 5.91 Å². The summed E-state index contributed by atoms with van der Waals surface area (Å²) in [5.74, 6) is 0.310. The van der Waals surface area contributed by atoms with Crippen LogP contribution < -0.4 is 5.32 Å². The van der Waals surface area contributed by atoms with Crippen molar-refractivity contribution in [3.63, 3.8) is 0 Å². The summed E-state index contributed by atoms with van der Waals surface area (Å²) in [5.41, 5.74) is 3.20. The number of hydrogen-bond donors (Lipinski definition) is 1. The molecule has 0 bridgehead atoms. The van der Waals surface area contributed by atoms with Crippen molar-refractivity contribution in [1.29, 1.82) is 0 Å². The molecule has 1 N–H and O–H groups in total. The van der Waals surface area contributed by atoms with Crippen LogP contribution in [0.2, 0.25) is 10.0 Å². The summed E-state index contributed by atoms with van der Waals surface area (Å²) in [5, 5.41) is 8.69. The van der Waals surface area contributed by atoms with Gasteiger partial charge in [-0.3, -0.25) is 4.79 Å². The van der Waals surface area contributed by atoms with Crippen molar-refractivity contribution >= 4 is 29.1 Å². The number of aromatic nitrogens is 2. The van der Waals surface area contributed by atoms with Crippen molar-refractivity contribution < 1.29 is 4.79 Å². The van der Waals surface area contributed by atoms with Gasteiger partial charge in [-0.2, -0.15) is 5.10 Å². The normalized spacial score (nSPS) is 14.2. The molecule has 1 fully saturated rings. The van der Waals surface area contributed by atoms with E-state index in [1.54, 1.807) is 16.8 Å². The largest absolute Gasteiger partial charge is 0.351 e. The van der Waals surface area contributed by atoms with E-state index in [1.165, 1.54) is 0 Å². The highest BCUT2D eigenvalue weighted by Crippen LogP contribution is 2.42. The Balaban J connectivity index is 1.93. The van der Waals surface area contributed by atoms with Crippen LogP contribution in [0.25, 0.3) is 5.69 Å². The number of benzene rings is 1. The predicted octanol–water partition coefficient (Wildman–Crippen LogP) is 3.66. The van der Waals surface area contributed by atoms with E-state index in [9.17, 15) is 4.79 Å². The number of carbonyl (C=O) groups is 1. The molecule has 1 aliphatic rings. The summed E-state index contributed by atoms with van der Waals surface area (Å²) in [6, 6.07) is 5.38. The number of rotatable bonds is 6. The van der Waals surface area contributed by atoms with Crippen LogP contribution in [-0.2, 0) is 0 Å². The van der Waals surface area contributed by atoms with Gasteiger partial charge in [0.15, 0.2) is 0 Å². The second kappa shape index (κ2) is 7.36. The fourth-order valence-corrected chi connectivity index (χ4v) is 3.09. The summed E-state index contributed by atoms with van der Waals surface area (Å²) < 4.78 is 1.79. The van der Waals surface area contributed by atoms with Crippen molar-refractivity contribution in [2.45, 2.75) is 25.7 Å². The lowest BCUT2D eigenvalue weighted by Crippen LogP contribution is -2.32. The van der Waals surface area contributed by atoms with Gasteiger partial charge in [0.2, 0.25) is 0 Å². The van der Waals surface area contributed by atoms with Crippen LogP contribution in [0.4, 0.5) is 0 Å². The number of amides is 1. The third-order valence-electron chi connectivity index (χ3n) is 4.33. The first kappa shape index (κ1) is 18.2. The van der Waals surface area contributed by atoms with Gasteiger partial charge < -0.3 is 10.2 Å². The van der Waals surface area contributed by atoms with Crippen molar-refractivity contribution in [1.82, 2.24) is 20.0 Å². The van der Waals surface area contributed by atoms with Gasteiger partial charge in [0.1, 0.15) is 0 Å². The highest BCUT2D eigenvalue weighted by molar-refractivity contribution is 6.42. The van der Waals surface area contributed by atoms with Gasteiger partial charge in [0.05, 0.1) is 32.7 Å². The first-order valence-electron chi connectivity index (χ1n) is 8.36. The predicted molar refractivity (Wildman–Crippen MR) is 101 cm³/mol. The maximum Gasteiger partial charge on any atom is 0.255 e. The molecule has 7 heteroatoms. The van der Waals surface area contributed by atoms with Gasteiger partial charge in [0, 0.05) is 19.0 Å². The Morgan fingerprint density at radius 2 is 2.04 bits per heavy atom. The fraction of sp³-hybridized carbons (Fsp3) is 0.444. The van der Waals surface area contributed by atoms with Gasteiger partial charge in [-0.15, -0.1) is 0 Å². The van der Waals surface area contributed by atoms with Gasteiger partial charge >= 0.3 is 0 Å². The van der Waals surface area contributed by atoms with E-state index in [2.05, 4.69) is 5.32 Å². The lowest BCUT2D eigenvalue weighted by Gasteiger charge is -2.11. The Kier molecular flexibility index (Phi) is 5.37. The molecule has 0 saturated heterocycles. The quantitative estimate of drug-likeness (QED) is 0.831. The lowest BCUT2D eigenvalue weighted by molar-refractivity contribution is 0.0949. The summed E-state index contributed by atoms with van der Waals surface area (Å²) >= 11 is 12.1. The number of nitrogens with one attached hydrogen (secondary N) is 1. The average Bonchev–Trinajstić information content (AvgIpc) is 3.33. The number of carbonyl (C=O) groups excluding carboxylic acids is 1. The van der Waals surface area contributed by atoms with Crippen LogP contribution in [0.3, 0.4) is 0 Å². The van der Waals surface area contributed by atoms with Crippen molar-refractivity contribution in [2.75, 3.05) is 27.2 Å². The van der Waals surface area contributed by atoms with Crippen LogP contribution >= 0.6 is 23.2 Å². The van der Waals surface area contributed by atoms with Gasteiger partial charge in [-0.05, 0) is 52.1 Å². The average molecular weight is 381 g/mol. The Labute approximate surface area is 157 Å². The Hall–Kier alpha value is -1.56. The van der Waals surface area contributed by atoms with E-state index in [0.29, 0.717) is 28.1 Å². The molecule has 1 aliphatic carbocycles. The van der Waals surface area contributed by atoms with Gasteiger partial charge in [-0.1, -0.05) is 23.2 Å². The maximum atomic E-state index is 12.7. The van der Waals surface area contributed by atoms with E-state index in [0.717, 1.165) is 36.5 Å². The molecule has 25 heavy (non-hydrogen) atoms. The molecule has 2 aromatic rings. The Morgan fingerprint density at radius 3 is 2.64 bits per heavy atom. The van der Waals surface area contributed by atoms with Crippen LogP contribution in [0.5, 0.6) is 0 Å². The molecule has 1 amide bonds. The Bertz CT molecular complexity index is 797. The van der Waals surface area contributed by atoms with Crippen molar-refractivity contribution in [3.8, 4) is 5.69 Å². The van der Waals surface area contributed by atoms with E-state index in [-0.39, 0.29) is 5.91 Å². The number of hydrogen-bond acceptors (Lipinski definition) is 3. The number of nitrogens with zero attached hydrogens (tertiary/aromatic N) is 3. The SMILES string of the molecule is Cc1c(C(=O)NCCN(C)C)c(C2CC2)nn1-c1ccc(Cl)c(Cl)c1. The van der Waals surface area contributed by atoms with Crippen LogP contribution in [-0.4, -0.2) is 47.8 Å². The molecule has 0 radical (unpaired) electrons. The second-order valence-corrected chi connectivity index (χ2v) is 7.50. The topological polar surface area (TPSA) is 50.2 Å². The third kappa shape index (κ3) is 4.00. The highest BCUT2D eigenvalue weighted by Gasteiger charge is 2.33.